The molecule has 0 aliphatic carbocycles. The molecule has 1 atom stereocenters. The van der Waals surface area contributed by atoms with E-state index in [9.17, 15) is 10.1 Å². The highest BCUT2D eigenvalue weighted by atomic mass is 16.6. The molecule has 76 valence electrons. The van der Waals surface area contributed by atoms with Crippen molar-refractivity contribution in [2.24, 2.45) is 5.73 Å². The molecule has 1 aromatic carbocycles. The SMILES string of the molecule is Cc1c(C(C)CN)cccc1[N+](=O)[O-]. The fourth-order valence-corrected chi connectivity index (χ4v) is 1.50. The van der Waals surface area contributed by atoms with E-state index in [1.165, 1.54) is 6.07 Å². The van der Waals surface area contributed by atoms with Crippen molar-refractivity contribution in [3.8, 4) is 0 Å². The molecule has 0 saturated carbocycles. The summed E-state index contributed by atoms with van der Waals surface area (Å²) in [5.41, 5.74) is 7.38. The number of nitrogens with two attached hydrogens (primary N) is 1. The van der Waals surface area contributed by atoms with E-state index in [4.69, 9.17) is 5.73 Å². The van der Waals surface area contributed by atoms with Gasteiger partial charge in [0, 0.05) is 11.6 Å². The molecule has 0 radical (unpaired) electrons. The summed E-state index contributed by atoms with van der Waals surface area (Å²) in [6.45, 7) is 4.23. The third kappa shape index (κ3) is 1.90. The maximum absolute atomic E-state index is 10.7. The lowest BCUT2D eigenvalue weighted by Crippen LogP contribution is -2.10. The van der Waals surface area contributed by atoms with Crippen LogP contribution in [-0.2, 0) is 0 Å². The van der Waals surface area contributed by atoms with Crippen LogP contribution in [0.1, 0.15) is 24.0 Å². The Hall–Kier alpha value is -1.42. The van der Waals surface area contributed by atoms with Crippen LogP contribution in [0.25, 0.3) is 0 Å². The fraction of sp³-hybridized carbons (Fsp3) is 0.400. The molecule has 0 saturated heterocycles. The van der Waals surface area contributed by atoms with Gasteiger partial charge in [-0.3, -0.25) is 10.1 Å². The molecule has 0 aliphatic rings. The van der Waals surface area contributed by atoms with E-state index >= 15 is 0 Å². The second-order valence-corrected chi connectivity index (χ2v) is 3.39. The zero-order valence-electron chi connectivity index (χ0n) is 8.36. The molecular weight excluding hydrogens is 180 g/mol. The smallest absolute Gasteiger partial charge is 0.272 e. The zero-order chi connectivity index (χ0) is 10.7. The van der Waals surface area contributed by atoms with Crippen molar-refractivity contribution in [3.63, 3.8) is 0 Å². The van der Waals surface area contributed by atoms with Crippen molar-refractivity contribution in [2.45, 2.75) is 19.8 Å². The van der Waals surface area contributed by atoms with Crippen molar-refractivity contribution in [1.29, 1.82) is 0 Å². The van der Waals surface area contributed by atoms with E-state index in [0.29, 0.717) is 6.54 Å². The van der Waals surface area contributed by atoms with Gasteiger partial charge in [-0.1, -0.05) is 19.1 Å². The van der Waals surface area contributed by atoms with Gasteiger partial charge in [0.15, 0.2) is 0 Å². The molecule has 4 nitrogen and oxygen atoms in total. The minimum Gasteiger partial charge on any atom is -0.330 e. The van der Waals surface area contributed by atoms with E-state index in [0.717, 1.165) is 11.1 Å². The van der Waals surface area contributed by atoms with Crippen molar-refractivity contribution < 1.29 is 4.92 Å². The van der Waals surface area contributed by atoms with Crippen molar-refractivity contribution in [3.05, 3.63) is 39.4 Å². The molecule has 0 fully saturated rings. The van der Waals surface area contributed by atoms with E-state index in [-0.39, 0.29) is 16.5 Å². The second-order valence-electron chi connectivity index (χ2n) is 3.39. The van der Waals surface area contributed by atoms with Crippen LogP contribution in [0, 0.1) is 17.0 Å². The maximum atomic E-state index is 10.7. The molecule has 1 aromatic rings. The average Bonchev–Trinajstić information content (AvgIpc) is 2.16. The molecule has 14 heavy (non-hydrogen) atoms. The van der Waals surface area contributed by atoms with Gasteiger partial charge in [-0.05, 0) is 24.9 Å². The summed E-state index contributed by atoms with van der Waals surface area (Å²) in [4.78, 5) is 10.3. The number of nitro groups is 1. The number of benzene rings is 1. The van der Waals surface area contributed by atoms with Crippen LogP contribution in [0.4, 0.5) is 5.69 Å². The molecular formula is C10H14N2O2. The normalized spacial score (nSPS) is 12.5. The summed E-state index contributed by atoms with van der Waals surface area (Å²) in [5, 5.41) is 10.7. The van der Waals surface area contributed by atoms with Gasteiger partial charge in [0.25, 0.3) is 5.69 Å². The van der Waals surface area contributed by atoms with Crippen LogP contribution in [0.3, 0.4) is 0 Å². The fourth-order valence-electron chi connectivity index (χ4n) is 1.50. The average molecular weight is 194 g/mol. The van der Waals surface area contributed by atoms with Crippen LogP contribution in [0.5, 0.6) is 0 Å². The van der Waals surface area contributed by atoms with E-state index in [1.54, 1.807) is 13.0 Å². The van der Waals surface area contributed by atoms with Crippen LogP contribution < -0.4 is 5.73 Å². The highest BCUT2D eigenvalue weighted by Crippen LogP contribution is 2.26. The Morgan fingerprint density at radius 1 is 1.57 bits per heavy atom. The Balaban J connectivity index is 3.20. The number of nitrogens with zero attached hydrogens (tertiary/aromatic N) is 1. The number of hydrogen-bond acceptors (Lipinski definition) is 3. The van der Waals surface area contributed by atoms with Gasteiger partial charge in [0.1, 0.15) is 0 Å². The van der Waals surface area contributed by atoms with E-state index in [2.05, 4.69) is 0 Å². The number of nitro benzene ring substituents is 1. The Kier molecular flexibility index (Phi) is 3.19. The molecule has 0 aliphatic heterocycles. The summed E-state index contributed by atoms with van der Waals surface area (Å²) in [6, 6.07) is 5.11. The Morgan fingerprint density at radius 2 is 2.21 bits per heavy atom. The Morgan fingerprint density at radius 3 is 2.71 bits per heavy atom. The topological polar surface area (TPSA) is 69.2 Å². The standard InChI is InChI=1S/C10H14N2O2/c1-7(6-11)9-4-3-5-10(8(9)2)12(13)14/h3-5,7H,6,11H2,1-2H3. The van der Waals surface area contributed by atoms with Gasteiger partial charge >= 0.3 is 0 Å². The second kappa shape index (κ2) is 4.19. The lowest BCUT2D eigenvalue weighted by molar-refractivity contribution is -0.385. The zero-order valence-corrected chi connectivity index (χ0v) is 8.36. The molecule has 0 aromatic heterocycles. The highest BCUT2D eigenvalue weighted by Gasteiger charge is 2.15. The molecule has 2 N–H and O–H groups in total. The predicted molar refractivity (Wildman–Crippen MR) is 55.3 cm³/mol. The minimum absolute atomic E-state index is 0.162. The molecule has 1 rings (SSSR count). The van der Waals surface area contributed by atoms with Crippen LogP contribution in [0.15, 0.2) is 18.2 Å². The van der Waals surface area contributed by atoms with Gasteiger partial charge in [0.05, 0.1) is 4.92 Å². The number of rotatable bonds is 3. The summed E-state index contributed by atoms with van der Waals surface area (Å²) < 4.78 is 0. The molecule has 0 bridgehead atoms. The lowest BCUT2D eigenvalue weighted by Gasteiger charge is -2.11. The summed E-state index contributed by atoms with van der Waals surface area (Å²) in [6.07, 6.45) is 0. The van der Waals surface area contributed by atoms with Gasteiger partial charge in [-0.25, -0.2) is 0 Å². The highest BCUT2D eigenvalue weighted by molar-refractivity contribution is 5.45. The van der Waals surface area contributed by atoms with E-state index < -0.39 is 0 Å². The molecule has 4 heteroatoms. The van der Waals surface area contributed by atoms with Gasteiger partial charge in [0.2, 0.25) is 0 Å². The third-order valence-corrected chi connectivity index (χ3v) is 2.43. The monoisotopic (exact) mass is 194 g/mol. The molecule has 0 amide bonds. The number of hydrogen-bond donors (Lipinski definition) is 1. The predicted octanol–water partition coefficient (Wildman–Crippen LogP) is 1.97. The Bertz CT molecular complexity index is 350. The quantitative estimate of drug-likeness (QED) is 0.590. The lowest BCUT2D eigenvalue weighted by atomic mass is 9.95. The molecule has 1 unspecified atom stereocenters. The largest absolute Gasteiger partial charge is 0.330 e. The van der Waals surface area contributed by atoms with Crippen LogP contribution >= 0.6 is 0 Å². The van der Waals surface area contributed by atoms with Crippen molar-refractivity contribution in [2.75, 3.05) is 6.54 Å². The van der Waals surface area contributed by atoms with Gasteiger partial charge in [-0.2, -0.15) is 0 Å². The first-order valence-electron chi connectivity index (χ1n) is 4.52. The van der Waals surface area contributed by atoms with Gasteiger partial charge < -0.3 is 5.73 Å². The summed E-state index contributed by atoms with van der Waals surface area (Å²) in [5.74, 6) is 0.162. The van der Waals surface area contributed by atoms with Crippen molar-refractivity contribution >= 4 is 5.69 Å². The Labute approximate surface area is 82.9 Å². The van der Waals surface area contributed by atoms with Crippen LogP contribution in [0.2, 0.25) is 0 Å². The molecule has 0 spiro atoms. The van der Waals surface area contributed by atoms with E-state index in [1.807, 2.05) is 13.0 Å². The minimum atomic E-state index is -0.359. The summed E-state index contributed by atoms with van der Waals surface area (Å²) in [7, 11) is 0. The first-order chi connectivity index (χ1) is 6.57. The molecule has 0 heterocycles. The first-order valence-corrected chi connectivity index (χ1v) is 4.52. The first kappa shape index (κ1) is 10.7. The van der Waals surface area contributed by atoms with Crippen LogP contribution in [-0.4, -0.2) is 11.5 Å². The third-order valence-electron chi connectivity index (χ3n) is 2.43. The van der Waals surface area contributed by atoms with Gasteiger partial charge in [-0.15, -0.1) is 0 Å². The van der Waals surface area contributed by atoms with Crippen molar-refractivity contribution in [1.82, 2.24) is 0 Å². The summed E-state index contributed by atoms with van der Waals surface area (Å²) >= 11 is 0. The maximum Gasteiger partial charge on any atom is 0.272 e.